The van der Waals surface area contributed by atoms with Crippen LogP contribution in [0.2, 0.25) is 0 Å². The Bertz CT molecular complexity index is 293. The van der Waals surface area contributed by atoms with E-state index in [0.29, 0.717) is 0 Å². The first kappa shape index (κ1) is 9.94. The summed E-state index contributed by atoms with van der Waals surface area (Å²) in [6.45, 7) is 3.97. The largest absolute Gasteiger partial charge is 0.389 e. The van der Waals surface area contributed by atoms with E-state index in [4.69, 9.17) is 0 Å². The number of aliphatic hydroxyl groups is 2. The zero-order valence-electron chi connectivity index (χ0n) is 8.77. The van der Waals surface area contributed by atoms with Crippen LogP contribution in [-0.2, 0) is 0 Å². The molecule has 0 spiro atoms. The molecule has 0 radical (unpaired) electrons. The molecule has 0 bridgehead atoms. The van der Waals surface area contributed by atoms with Gasteiger partial charge in [-0.05, 0) is 25.3 Å². The second kappa shape index (κ2) is 3.21. The molecule has 78 valence electrons. The van der Waals surface area contributed by atoms with Gasteiger partial charge in [0.05, 0.1) is 12.2 Å². The first-order valence-corrected chi connectivity index (χ1v) is 5.25. The Balaban J connectivity index is 2.39. The van der Waals surface area contributed by atoms with Crippen molar-refractivity contribution in [2.75, 3.05) is 0 Å². The Morgan fingerprint density at radius 3 is 2.79 bits per heavy atom. The Morgan fingerprint density at radius 1 is 1.36 bits per heavy atom. The monoisotopic (exact) mass is 194 g/mol. The highest BCUT2D eigenvalue weighted by atomic mass is 16.3. The molecule has 2 aliphatic rings. The number of aliphatic hydroxyl groups excluding tert-OH is 2. The van der Waals surface area contributed by atoms with Gasteiger partial charge in [-0.15, -0.1) is 0 Å². The summed E-state index contributed by atoms with van der Waals surface area (Å²) in [6.07, 6.45) is 6.96. The molecule has 0 fully saturated rings. The minimum Gasteiger partial charge on any atom is -0.389 e. The predicted octanol–water partition coefficient (Wildman–Crippen LogP) is 1.64. The molecule has 0 saturated heterocycles. The normalized spacial score (nSPS) is 47.1. The van der Waals surface area contributed by atoms with Gasteiger partial charge in [0.2, 0.25) is 0 Å². The summed E-state index contributed by atoms with van der Waals surface area (Å²) in [7, 11) is 0. The van der Waals surface area contributed by atoms with Crippen molar-refractivity contribution in [2.24, 2.45) is 11.3 Å². The topological polar surface area (TPSA) is 40.5 Å². The van der Waals surface area contributed by atoms with Gasteiger partial charge in [-0.3, -0.25) is 0 Å². The minimum atomic E-state index is -0.402. The zero-order chi connectivity index (χ0) is 10.3. The van der Waals surface area contributed by atoms with Crippen LogP contribution >= 0.6 is 0 Å². The highest BCUT2D eigenvalue weighted by Crippen LogP contribution is 2.47. The highest BCUT2D eigenvalue weighted by molar-refractivity contribution is 5.23. The second-order valence-electron chi connectivity index (χ2n) is 4.83. The Hall–Kier alpha value is -0.600. The van der Waals surface area contributed by atoms with Gasteiger partial charge in [0.15, 0.2) is 0 Å². The van der Waals surface area contributed by atoms with E-state index >= 15 is 0 Å². The summed E-state index contributed by atoms with van der Waals surface area (Å²) in [4.78, 5) is 0. The molecule has 0 aliphatic heterocycles. The molecule has 0 saturated carbocycles. The van der Waals surface area contributed by atoms with Crippen LogP contribution in [0, 0.1) is 11.3 Å². The molecule has 0 aromatic carbocycles. The molecule has 0 aromatic rings. The summed E-state index contributed by atoms with van der Waals surface area (Å²) in [6, 6.07) is 0. The van der Waals surface area contributed by atoms with E-state index < -0.39 is 12.2 Å². The average molecular weight is 194 g/mol. The van der Waals surface area contributed by atoms with Crippen LogP contribution in [0.15, 0.2) is 23.8 Å². The standard InChI is InChI=1S/C12H18O2/c1-8-7-10(13)9-5-3-4-6-12(9,2)11(8)14/h3-4,7,9-11,13-14H,5-6H2,1-2H3/t9-,10-,11+,12-/m0/s1. The van der Waals surface area contributed by atoms with E-state index in [9.17, 15) is 10.2 Å². The predicted molar refractivity (Wildman–Crippen MR) is 55.7 cm³/mol. The number of allylic oxidation sites excluding steroid dienone is 2. The van der Waals surface area contributed by atoms with Crippen molar-refractivity contribution in [3.8, 4) is 0 Å². The van der Waals surface area contributed by atoms with Crippen molar-refractivity contribution in [1.82, 2.24) is 0 Å². The molecule has 2 aliphatic carbocycles. The summed E-state index contributed by atoms with van der Waals surface area (Å²) >= 11 is 0. The van der Waals surface area contributed by atoms with Gasteiger partial charge in [-0.25, -0.2) is 0 Å². The van der Waals surface area contributed by atoms with Crippen molar-refractivity contribution >= 4 is 0 Å². The molecule has 2 heteroatoms. The molecule has 2 rings (SSSR count). The third-order valence-electron chi connectivity index (χ3n) is 3.86. The number of hydrogen-bond acceptors (Lipinski definition) is 2. The molecule has 0 heterocycles. The molecular weight excluding hydrogens is 176 g/mol. The second-order valence-corrected chi connectivity index (χ2v) is 4.83. The van der Waals surface area contributed by atoms with E-state index in [1.54, 1.807) is 6.08 Å². The maximum absolute atomic E-state index is 10.1. The smallest absolute Gasteiger partial charge is 0.0808 e. The van der Waals surface area contributed by atoms with Crippen LogP contribution in [0.25, 0.3) is 0 Å². The average Bonchev–Trinajstić information content (AvgIpc) is 2.15. The lowest BCUT2D eigenvalue weighted by molar-refractivity contribution is -0.0424. The Kier molecular flexibility index (Phi) is 2.28. The molecule has 0 amide bonds. The van der Waals surface area contributed by atoms with E-state index in [-0.39, 0.29) is 11.3 Å². The third kappa shape index (κ3) is 1.25. The van der Waals surface area contributed by atoms with Gasteiger partial charge < -0.3 is 10.2 Å². The fourth-order valence-electron chi connectivity index (χ4n) is 2.84. The number of rotatable bonds is 0. The minimum absolute atomic E-state index is 0.172. The van der Waals surface area contributed by atoms with Gasteiger partial charge in [0.1, 0.15) is 0 Å². The first-order valence-electron chi connectivity index (χ1n) is 5.25. The number of fused-ring (bicyclic) bond motifs is 1. The van der Waals surface area contributed by atoms with E-state index in [1.807, 2.05) is 6.92 Å². The van der Waals surface area contributed by atoms with Crippen LogP contribution in [0.3, 0.4) is 0 Å². The van der Waals surface area contributed by atoms with Crippen LogP contribution in [0.1, 0.15) is 26.7 Å². The zero-order valence-corrected chi connectivity index (χ0v) is 8.77. The quantitative estimate of drug-likeness (QED) is 0.575. The van der Waals surface area contributed by atoms with Crippen LogP contribution in [-0.4, -0.2) is 22.4 Å². The molecule has 0 aromatic heterocycles. The van der Waals surface area contributed by atoms with Crippen molar-refractivity contribution in [3.05, 3.63) is 23.8 Å². The molecule has 2 nitrogen and oxygen atoms in total. The van der Waals surface area contributed by atoms with Crippen molar-refractivity contribution in [3.63, 3.8) is 0 Å². The highest BCUT2D eigenvalue weighted by Gasteiger charge is 2.46. The molecule has 14 heavy (non-hydrogen) atoms. The van der Waals surface area contributed by atoms with Gasteiger partial charge in [-0.1, -0.05) is 25.2 Å². The lowest BCUT2D eigenvalue weighted by Gasteiger charge is -2.47. The van der Waals surface area contributed by atoms with Crippen molar-refractivity contribution in [2.45, 2.75) is 38.9 Å². The summed E-state index contributed by atoms with van der Waals surface area (Å²) in [5.41, 5.74) is 0.735. The molecular formula is C12H18O2. The van der Waals surface area contributed by atoms with Gasteiger partial charge in [0.25, 0.3) is 0 Å². The fourth-order valence-corrected chi connectivity index (χ4v) is 2.84. The fraction of sp³-hybridized carbons (Fsp3) is 0.667. The maximum atomic E-state index is 10.1. The van der Waals surface area contributed by atoms with E-state index in [0.717, 1.165) is 18.4 Å². The van der Waals surface area contributed by atoms with Crippen LogP contribution < -0.4 is 0 Å². The first-order chi connectivity index (χ1) is 6.55. The van der Waals surface area contributed by atoms with Crippen LogP contribution in [0.5, 0.6) is 0 Å². The van der Waals surface area contributed by atoms with E-state index in [2.05, 4.69) is 19.1 Å². The van der Waals surface area contributed by atoms with Crippen molar-refractivity contribution in [1.29, 1.82) is 0 Å². The Labute approximate surface area is 85.0 Å². The van der Waals surface area contributed by atoms with E-state index in [1.165, 1.54) is 0 Å². The van der Waals surface area contributed by atoms with Crippen LogP contribution in [0.4, 0.5) is 0 Å². The molecule has 4 atom stereocenters. The van der Waals surface area contributed by atoms with Gasteiger partial charge in [0, 0.05) is 11.3 Å². The summed E-state index contributed by atoms with van der Waals surface area (Å²) < 4.78 is 0. The van der Waals surface area contributed by atoms with Crippen molar-refractivity contribution < 1.29 is 10.2 Å². The molecule has 2 N–H and O–H groups in total. The SMILES string of the molecule is CC1=C[C@H](O)[C@@H]2CC=CC[C@]2(C)[C@@H]1O. The lowest BCUT2D eigenvalue weighted by Crippen LogP contribution is -2.48. The number of hydrogen-bond donors (Lipinski definition) is 2. The maximum Gasteiger partial charge on any atom is 0.0808 e. The van der Waals surface area contributed by atoms with Gasteiger partial charge in [-0.2, -0.15) is 0 Å². The molecule has 0 unspecified atom stereocenters. The third-order valence-corrected chi connectivity index (χ3v) is 3.86. The van der Waals surface area contributed by atoms with Gasteiger partial charge >= 0.3 is 0 Å². The Morgan fingerprint density at radius 2 is 2.07 bits per heavy atom. The summed E-state index contributed by atoms with van der Waals surface area (Å²) in [5.74, 6) is 0.172. The lowest BCUT2D eigenvalue weighted by atomic mass is 9.60. The summed E-state index contributed by atoms with van der Waals surface area (Å²) in [5, 5.41) is 20.1.